The van der Waals surface area contributed by atoms with Gasteiger partial charge in [0.05, 0.1) is 12.8 Å². The summed E-state index contributed by atoms with van der Waals surface area (Å²) >= 11 is 1.65. The molecule has 1 N–H and O–H groups in total. The van der Waals surface area contributed by atoms with E-state index in [1.165, 1.54) is 5.56 Å². The topological polar surface area (TPSA) is 46.0 Å². The summed E-state index contributed by atoms with van der Waals surface area (Å²) in [7, 11) is 0. The molecule has 0 atom stereocenters. The second-order valence-corrected chi connectivity index (χ2v) is 4.30. The molecule has 3 nitrogen and oxygen atoms in total. The third kappa shape index (κ3) is 3.05. The highest BCUT2D eigenvalue weighted by molar-refractivity contribution is 7.98. The highest BCUT2D eigenvalue weighted by Crippen LogP contribution is 2.19. The van der Waals surface area contributed by atoms with Crippen LogP contribution in [0, 0.1) is 0 Å². The van der Waals surface area contributed by atoms with Gasteiger partial charge >= 0.3 is 0 Å². The van der Waals surface area contributed by atoms with Crippen LogP contribution in [0.15, 0.2) is 47.9 Å². The molecule has 4 heteroatoms. The molecule has 0 bridgehead atoms. The summed E-state index contributed by atoms with van der Waals surface area (Å²) in [6.07, 6.45) is 5.12. The standard InChI is InChI=1S/C12H12N2OS/c15-8-10-1-3-11(4-2-10)9-16-12-7-13-5-6-14-12/h1-7,15H,8-9H2. The van der Waals surface area contributed by atoms with E-state index in [0.29, 0.717) is 0 Å². The minimum absolute atomic E-state index is 0.0948. The van der Waals surface area contributed by atoms with Crippen LogP contribution in [0.4, 0.5) is 0 Å². The van der Waals surface area contributed by atoms with Crippen LogP contribution in [0.25, 0.3) is 0 Å². The zero-order chi connectivity index (χ0) is 11.2. The van der Waals surface area contributed by atoms with E-state index in [9.17, 15) is 0 Å². The summed E-state index contributed by atoms with van der Waals surface area (Å²) in [6, 6.07) is 7.92. The normalized spacial score (nSPS) is 10.3. The average molecular weight is 232 g/mol. The second kappa shape index (κ2) is 5.63. The molecule has 0 radical (unpaired) electrons. The van der Waals surface area contributed by atoms with Crippen LogP contribution in [-0.4, -0.2) is 15.1 Å². The number of aliphatic hydroxyl groups excluding tert-OH is 1. The van der Waals surface area contributed by atoms with Gasteiger partial charge in [-0.2, -0.15) is 0 Å². The summed E-state index contributed by atoms with van der Waals surface area (Å²) in [5.41, 5.74) is 2.15. The Balaban J connectivity index is 1.94. The summed E-state index contributed by atoms with van der Waals surface area (Å²) in [4.78, 5) is 8.20. The Morgan fingerprint density at radius 2 is 1.81 bits per heavy atom. The van der Waals surface area contributed by atoms with Crippen LogP contribution >= 0.6 is 11.8 Å². The lowest BCUT2D eigenvalue weighted by molar-refractivity contribution is 0.282. The minimum Gasteiger partial charge on any atom is -0.392 e. The quantitative estimate of drug-likeness (QED) is 0.821. The molecule has 0 aliphatic carbocycles. The number of benzene rings is 1. The smallest absolute Gasteiger partial charge is 0.115 e. The summed E-state index contributed by atoms with van der Waals surface area (Å²) in [5, 5.41) is 9.84. The summed E-state index contributed by atoms with van der Waals surface area (Å²) < 4.78 is 0. The van der Waals surface area contributed by atoms with Gasteiger partial charge < -0.3 is 5.11 Å². The highest BCUT2D eigenvalue weighted by Gasteiger charge is 1.97. The fourth-order valence-electron chi connectivity index (χ4n) is 1.26. The molecule has 1 heterocycles. The fraction of sp³-hybridized carbons (Fsp3) is 0.167. The van der Waals surface area contributed by atoms with Crippen molar-refractivity contribution in [2.24, 2.45) is 0 Å². The third-order valence-corrected chi connectivity index (χ3v) is 3.12. The molecular formula is C12H12N2OS. The van der Waals surface area contributed by atoms with Gasteiger partial charge in [-0.1, -0.05) is 24.3 Å². The van der Waals surface area contributed by atoms with E-state index in [4.69, 9.17) is 5.11 Å². The number of thioether (sulfide) groups is 1. The van der Waals surface area contributed by atoms with Crippen molar-refractivity contribution in [3.05, 3.63) is 54.0 Å². The number of hydrogen-bond donors (Lipinski definition) is 1. The van der Waals surface area contributed by atoms with E-state index in [1.54, 1.807) is 30.4 Å². The molecule has 0 aliphatic heterocycles. The van der Waals surface area contributed by atoms with E-state index >= 15 is 0 Å². The first-order chi connectivity index (χ1) is 7.88. The van der Waals surface area contributed by atoms with E-state index in [-0.39, 0.29) is 6.61 Å². The van der Waals surface area contributed by atoms with Crippen LogP contribution in [0.1, 0.15) is 11.1 Å². The lowest BCUT2D eigenvalue weighted by atomic mass is 10.2. The van der Waals surface area contributed by atoms with Gasteiger partial charge in [0.1, 0.15) is 5.03 Å². The highest BCUT2D eigenvalue weighted by atomic mass is 32.2. The first kappa shape index (κ1) is 11.1. The third-order valence-electron chi connectivity index (χ3n) is 2.13. The zero-order valence-corrected chi connectivity index (χ0v) is 9.52. The number of rotatable bonds is 4. The predicted octanol–water partition coefficient (Wildman–Crippen LogP) is 2.26. The lowest BCUT2D eigenvalue weighted by Gasteiger charge is -2.01. The Kier molecular flexibility index (Phi) is 3.91. The van der Waals surface area contributed by atoms with Crippen LogP contribution < -0.4 is 0 Å². The van der Waals surface area contributed by atoms with Crippen LogP contribution in [-0.2, 0) is 12.4 Å². The number of hydrogen-bond acceptors (Lipinski definition) is 4. The Hall–Kier alpha value is -1.39. The van der Waals surface area contributed by atoms with Crippen molar-refractivity contribution < 1.29 is 5.11 Å². The second-order valence-electron chi connectivity index (χ2n) is 3.31. The van der Waals surface area contributed by atoms with E-state index < -0.39 is 0 Å². The monoisotopic (exact) mass is 232 g/mol. The predicted molar refractivity (Wildman–Crippen MR) is 64.0 cm³/mol. The number of aromatic nitrogens is 2. The van der Waals surface area contributed by atoms with Gasteiger partial charge in [0.2, 0.25) is 0 Å². The molecule has 82 valence electrons. The first-order valence-electron chi connectivity index (χ1n) is 4.96. The molecule has 2 rings (SSSR count). The van der Waals surface area contributed by atoms with Crippen molar-refractivity contribution in [1.29, 1.82) is 0 Å². The van der Waals surface area contributed by atoms with Crippen molar-refractivity contribution in [3.63, 3.8) is 0 Å². The van der Waals surface area contributed by atoms with E-state index in [2.05, 4.69) is 9.97 Å². The molecule has 0 fully saturated rings. The van der Waals surface area contributed by atoms with Gasteiger partial charge in [0.15, 0.2) is 0 Å². The van der Waals surface area contributed by atoms with Crippen molar-refractivity contribution >= 4 is 11.8 Å². The molecule has 0 aliphatic rings. The van der Waals surface area contributed by atoms with Crippen LogP contribution in [0.2, 0.25) is 0 Å². The van der Waals surface area contributed by atoms with E-state index in [0.717, 1.165) is 16.3 Å². The van der Waals surface area contributed by atoms with Crippen LogP contribution in [0.5, 0.6) is 0 Å². The van der Waals surface area contributed by atoms with Crippen molar-refractivity contribution in [1.82, 2.24) is 9.97 Å². The zero-order valence-electron chi connectivity index (χ0n) is 8.71. The van der Waals surface area contributed by atoms with Gasteiger partial charge in [-0.05, 0) is 11.1 Å². The maximum Gasteiger partial charge on any atom is 0.115 e. The molecule has 1 aromatic carbocycles. The van der Waals surface area contributed by atoms with Crippen LogP contribution in [0.3, 0.4) is 0 Å². The van der Waals surface area contributed by atoms with Gasteiger partial charge in [-0.25, -0.2) is 4.98 Å². The maximum absolute atomic E-state index is 8.91. The van der Waals surface area contributed by atoms with Crippen molar-refractivity contribution in [2.45, 2.75) is 17.4 Å². The summed E-state index contributed by atoms with van der Waals surface area (Å²) in [5.74, 6) is 0.865. The minimum atomic E-state index is 0.0948. The molecule has 0 unspecified atom stereocenters. The summed E-state index contributed by atoms with van der Waals surface area (Å²) in [6.45, 7) is 0.0948. The van der Waals surface area contributed by atoms with Gasteiger partial charge in [0.25, 0.3) is 0 Å². The average Bonchev–Trinajstić information content (AvgIpc) is 2.38. The van der Waals surface area contributed by atoms with Gasteiger partial charge in [0, 0.05) is 18.1 Å². The lowest BCUT2D eigenvalue weighted by Crippen LogP contribution is -1.86. The van der Waals surface area contributed by atoms with Crippen molar-refractivity contribution in [2.75, 3.05) is 0 Å². The van der Waals surface area contributed by atoms with E-state index in [1.807, 2.05) is 24.3 Å². The molecule has 0 saturated carbocycles. The number of nitrogens with zero attached hydrogens (tertiary/aromatic N) is 2. The Morgan fingerprint density at radius 3 is 2.44 bits per heavy atom. The van der Waals surface area contributed by atoms with Crippen molar-refractivity contribution in [3.8, 4) is 0 Å². The first-order valence-corrected chi connectivity index (χ1v) is 5.94. The molecule has 0 saturated heterocycles. The number of aliphatic hydroxyl groups is 1. The Labute approximate surface area is 98.6 Å². The maximum atomic E-state index is 8.91. The SMILES string of the molecule is OCc1ccc(CSc2cnccn2)cc1. The molecule has 0 spiro atoms. The molecule has 2 aromatic rings. The largest absolute Gasteiger partial charge is 0.392 e. The molecule has 0 amide bonds. The Morgan fingerprint density at radius 1 is 1.06 bits per heavy atom. The Bertz CT molecular complexity index is 431. The molecular weight excluding hydrogens is 220 g/mol. The fourth-order valence-corrected chi connectivity index (χ4v) is 2.04. The molecule has 1 aromatic heterocycles. The van der Waals surface area contributed by atoms with Gasteiger partial charge in [-0.3, -0.25) is 4.98 Å². The van der Waals surface area contributed by atoms with Gasteiger partial charge in [-0.15, -0.1) is 11.8 Å². The molecule has 16 heavy (non-hydrogen) atoms.